The van der Waals surface area contributed by atoms with Gasteiger partial charge in [-0.3, -0.25) is 0 Å². The molecule has 92 valence electrons. The molecule has 1 aromatic rings. The van der Waals surface area contributed by atoms with Gasteiger partial charge >= 0.3 is 6.09 Å². The van der Waals surface area contributed by atoms with Crippen LogP contribution in [0.15, 0.2) is 30.3 Å². The lowest BCUT2D eigenvalue weighted by Crippen LogP contribution is -2.44. The van der Waals surface area contributed by atoms with E-state index in [1.807, 2.05) is 30.3 Å². The molecule has 0 aromatic heterocycles. The zero-order chi connectivity index (χ0) is 12.1. The van der Waals surface area contributed by atoms with E-state index in [0.717, 1.165) is 24.8 Å². The Kier molecular flexibility index (Phi) is 3.98. The van der Waals surface area contributed by atoms with Gasteiger partial charge in [-0.15, -0.1) is 0 Å². The third-order valence-electron chi connectivity index (χ3n) is 3.09. The van der Waals surface area contributed by atoms with Gasteiger partial charge in [0.25, 0.3) is 0 Å². The van der Waals surface area contributed by atoms with Crippen molar-refractivity contribution in [1.82, 2.24) is 5.32 Å². The summed E-state index contributed by atoms with van der Waals surface area (Å²) in [5.41, 5.74) is 6.85. The second-order valence-electron chi connectivity index (χ2n) is 4.41. The summed E-state index contributed by atoms with van der Waals surface area (Å²) in [6, 6.07) is 9.76. The van der Waals surface area contributed by atoms with Gasteiger partial charge in [-0.2, -0.15) is 0 Å². The molecule has 1 aromatic carbocycles. The second kappa shape index (κ2) is 5.68. The maximum absolute atomic E-state index is 11.5. The fourth-order valence-corrected chi connectivity index (χ4v) is 2.08. The normalized spacial score (nSPS) is 23.4. The highest BCUT2D eigenvalue weighted by Crippen LogP contribution is 2.17. The summed E-state index contributed by atoms with van der Waals surface area (Å²) >= 11 is 0. The number of carbonyl (C=O) groups excluding carboxylic acids is 1. The van der Waals surface area contributed by atoms with Crippen LogP contribution in [0.4, 0.5) is 4.79 Å². The number of nitrogens with two attached hydrogens (primary N) is 1. The fourth-order valence-electron chi connectivity index (χ4n) is 2.08. The van der Waals surface area contributed by atoms with Crippen LogP contribution in [0.3, 0.4) is 0 Å². The van der Waals surface area contributed by atoms with Crippen molar-refractivity contribution >= 4 is 6.09 Å². The molecule has 1 saturated carbocycles. The molecule has 4 heteroatoms. The van der Waals surface area contributed by atoms with Gasteiger partial charge in [0.2, 0.25) is 0 Å². The van der Waals surface area contributed by atoms with Crippen LogP contribution in [0.2, 0.25) is 0 Å². The number of carbonyl (C=O) groups is 1. The predicted molar refractivity (Wildman–Crippen MR) is 65.4 cm³/mol. The third kappa shape index (κ3) is 3.46. The molecule has 0 radical (unpaired) electrons. The SMILES string of the molecule is N[C@H]1CCC[C@H]1NC(=O)OCc1ccccc1. The van der Waals surface area contributed by atoms with Gasteiger partial charge in [0.05, 0.1) is 0 Å². The van der Waals surface area contributed by atoms with E-state index in [4.69, 9.17) is 10.5 Å². The largest absolute Gasteiger partial charge is 0.445 e. The number of hydrogen-bond acceptors (Lipinski definition) is 3. The fraction of sp³-hybridized carbons (Fsp3) is 0.462. The Morgan fingerprint density at radius 2 is 2.12 bits per heavy atom. The van der Waals surface area contributed by atoms with E-state index in [1.54, 1.807) is 0 Å². The zero-order valence-electron chi connectivity index (χ0n) is 9.76. The van der Waals surface area contributed by atoms with Gasteiger partial charge in [-0.1, -0.05) is 30.3 Å². The van der Waals surface area contributed by atoms with Gasteiger partial charge < -0.3 is 15.8 Å². The summed E-state index contributed by atoms with van der Waals surface area (Å²) < 4.78 is 5.13. The number of alkyl carbamates (subject to hydrolysis) is 1. The van der Waals surface area contributed by atoms with Crippen molar-refractivity contribution in [3.63, 3.8) is 0 Å². The van der Waals surface area contributed by atoms with Crippen molar-refractivity contribution in [2.75, 3.05) is 0 Å². The molecule has 0 heterocycles. The third-order valence-corrected chi connectivity index (χ3v) is 3.09. The number of nitrogens with one attached hydrogen (secondary N) is 1. The first-order valence-electron chi connectivity index (χ1n) is 5.98. The van der Waals surface area contributed by atoms with E-state index < -0.39 is 0 Å². The molecular formula is C13H18N2O2. The summed E-state index contributed by atoms with van der Waals surface area (Å²) in [6.07, 6.45) is 2.62. The molecule has 17 heavy (non-hydrogen) atoms. The van der Waals surface area contributed by atoms with Crippen molar-refractivity contribution in [1.29, 1.82) is 0 Å². The van der Waals surface area contributed by atoms with Crippen LogP contribution in [0.1, 0.15) is 24.8 Å². The standard InChI is InChI=1S/C13H18N2O2/c14-11-7-4-8-12(11)15-13(16)17-9-10-5-2-1-3-6-10/h1-3,5-6,11-12H,4,7-9,14H2,(H,15,16)/t11-,12+/m0/s1. The first kappa shape index (κ1) is 11.9. The van der Waals surface area contributed by atoms with E-state index in [1.165, 1.54) is 0 Å². The molecule has 1 aliphatic carbocycles. The highest BCUT2D eigenvalue weighted by atomic mass is 16.5. The molecule has 0 aliphatic heterocycles. The minimum absolute atomic E-state index is 0.0678. The molecule has 0 saturated heterocycles. The highest BCUT2D eigenvalue weighted by Gasteiger charge is 2.25. The Morgan fingerprint density at radius 3 is 2.76 bits per heavy atom. The van der Waals surface area contributed by atoms with Gasteiger partial charge in [0, 0.05) is 12.1 Å². The number of rotatable bonds is 3. The molecule has 2 rings (SSSR count). The summed E-state index contributed by atoms with van der Waals surface area (Å²) in [5.74, 6) is 0. The van der Waals surface area contributed by atoms with E-state index in [9.17, 15) is 4.79 Å². The van der Waals surface area contributed by atoms with Crippen LogP contribution in [0.5, 0.6) is 0 Å². The quantitative estimate of drug-likeness (QED) is 0.838. The molecule has 1 aliphatic rings. The maximum atomic E-state index is 11.5. The van der Waals surface area contributed by atoms with E-state index >= 15 is 0 Å². The van der Waals surface area contributed by atoms with Crippen LogP contribution in [-0.4, -0.2) is 18.2 Å². The van der Waals surface area contributed by atoms with E-state index in [-0.39, 0.29) is 18.2 Å². The van der Waals surface area contributed by atoms with Gasteiger partial charge in [0.1, 0.15) is 6.61 Å². The first-order valence-corrected chi connectivity index (χ1v) is 5.98. The van der Waals surface area contributed by atoms with Crippen LogP contribution >= 0.6 is 0 Å². The van der Waals surface area contributed by atoms with Crippen molar-refractivity contribution in [3.05, 3.63) is 35.9 Å². The van der Waals surface area contributed by atoms with E-state index in [2.05, 4.69) is 5.32 Å². The minimum Gasteiger partial charge on any atom is -0.445 e. The molecule has 3 N–H and O–H groups in total. The predicted octanol–water partition coefficient (Wildman–Crippen LogP) is 1.79. The lowest BCUT2D eigenvalue weighted by atomic mass is 10.2. The molecular weight excluding hydrogens is 216 g/mol. The van der Waals surface area contributed by atoms with Crippen molar-refractivity contribution < 1.29 is 9.53 Å². The lowest BCUT2D eigenvalue weighted by Gasteiger charge is -2.16. The highest BCUT2D eigenvalue weighted by molar-refractivity contribution is 5.67. The summed E-state index contributed by atoms with van der Waals surface area (Å²) in [6.45, 7) is 0.300. The molecule has 0 bridgehead atoms. The molecule has 1 amide bonds. The van der Waals surface area contributed by atoms with E-state index in [0.29, 0.717) is 6.61 Å². The number of amides is 1. The average Bonchev–Trinajstić information content (AvgIpc) is 2.74. The average molecular weight is 234 g/mol. The smallest absolute Gasteiger partial charge is 0.407 e. The zero-order valence-corrected chi connectivity index (χ0v) is 9.76. The second-order valence-corrected chi connectivity index (χ2v) is 4.41. The summed E-state index contributed by atoms with van der Waals surface area (Å²) in [4.78, 5) is 11.5. The van der Waals surface area contributed by atoms with Crippen LogP contribution in [0.25, 0.3) is 0 Å². The lowest BCUT2D eigenvalue weighted by molar-refractivity contribution is 0.135. The van der Waals surface area contributed by atoms with Crippen molar-refractivity contribution in [2.24, 2.45) is 5.73 Å². The number of ether oxygens (including phenoxy) is 1. The monoisotopic (exact) mass is 234 g/mol. The Labute approximate surface area is 101 Å². The minimum atomic E-state index is -0.379. The number of hydrogen-bond donors (Lipinski definition) is 2. The van der Waals surface area contributed by atoms with Crippen LogP contribution < -0.4 is 11.1 Å². The molecule has 1 fully saturated rings. The van der Waals surface area contributed by atoms with Gasteiger partial charge in [-0.05, 0) is 24.8 Å². The van der Waals surface area contributed by atoms with Gasteiger partial charge in [-0.25, -0.2) is 4.79 Å². The van der Waals surface area contributed by atoms with Gasteiger partial charge in [0.15, 0.2) is 0 Å². The Bertz CT molecular complexity index is 367. The van der Waals surface area contributed by atoms with Crippen LogP contribution in [-0.2, 0) is 11.3 Å². The van der Waals surface area contributed by atoms with Crippen molar-refractivity contribution in [2.45, 2.75) is 38.0 Å². The van der Waals surface area contributed by atoms with Crippen molar-refractivity contribution in [3.8, 4) is 0 Å². The topological polar surface area (TPSA) is 64.3 Å². The summed E-state index contributed by atoms with van der Waals surface area (Å²) in [7, 11) is 0. The maximum Gasteiger partial charge on any atom is 0.407 e. The number of benzene rings is 1. The van der Waals surface area contributed by atoms with Crippen LogP contribution in [0, 0.1) is 0 Å². The Morgan fingerprint density at radius 1 is 1.35 bits per heavy atom. The molecule has 2 atom stereocenters. The Hall–Kier alpha value is -1.55. The molecule has 0 unspecified atom stereocenters. The molecule has 4 nitrogen and oxygen atoms in total. The Balaban J connectivity index is 1.74. The summed E-state index contributed by atoms with van der Waals surface area (Å²) in [5, 5.41) is 2.81. The molecule has 0 spiro atoms. The first-order chi connectivity index (χ1) is 8.25.